The molecular formula is C20H26N2O2. The minimum atomic E-state index is 0.519. The van der Waals surface area contributed by atoms with E-state index in [0.717, 1.165) is 49.7 Å². The van der Waals surface area contributed by atoms with Crippen molar-refractivity contribution in [2.45, 2.75) is 25.4 Å². The highest BCUT2D eigenvalue weighted by molar-refractivity contribution is 5.48. The van der Waals surface area contributed by atoms with E-state index < -0.39 is 0 Å². The SMILES string of the molecule is COc1cccc(NC2CCN(Cc3ccccc3OC)CC2)c1. The number of para-hydroxylation sites is 1. The Balaban J connectivity index is 1.52. The van der Waals surface area contributed by atoms with Gasteiger partial charge in [0.25, 0.3) is 0 Å². The number of nitrogens with zero attached hydrogens (tertiary/aromatic N) is 1. The molecule has 0 radical (unpaired) electrons. The maximum Gasteiger partial charge on any atom is 0.123 e. The van der Waals surface area contributed by atoms with Crippen LogP contribution in [0.1, 0.15) is 18.4 Å². The van der Waals surface area contributed by atoms with Crippen molar-refractivity contribution in [3.63, 3.8) is 0 Å². The molecule has 0 bridgehead atoms. The largest absolute Gasteiger partial charge is 0.497 e. The normalized spacial score (nSPS) is 15.9. The minimum Gasteiger partial charge on any atom is -0.497 e. The number of benzene rings is 2. The maximum absolute atomic E-state index is 5.46. The molecule has 0 saturated carbocycles. The molecule has 128 valence electrons. The van der Waals surface area contributed by atoms with Gasteiger partial charge in [0, 0.05) is 43.0 Å². The van der Waals surface area contributed by atoms with Crippen LogP contribution in [0.3, 0.4) is 0 Å². The molecule has 1 heterocycles. The van der Waals surface area contributed by atoms with E-state index in [1.54, 1.807) is 14.2 Å². The first-order valence-electron chi connectivity index (χ1n) is 8.53. The highest BCUT2D eigenvalue weighted by Gasteiger charge is 2.20. The van der Waals surface area contributed by atoms with Gasteiger partial charge in [-0.25, -0.2) is 0 Å². The lowest BCUT2D eigenvalue weighted by atomic mass is 10.0. The average molecular weight is 326 g/mol. The lowest BCUT2D eigenvalue weighted by Crippen LogP contribution is -2.38. The van der Waals surface area contributed by atoms with Crippen LogP contribution in [-0.2, 0) is 6.54 Å². The Labute approximate surface area is 144 Å². The predicted octanol–water partition coefficient (Wildman–Crippen LogP) is 3.78. The molecule has 0 unspecified atom stereocenters. The third-order valence-electron chi connectivity index (χ3n) is 4.61. The molecule has 1 fully saturated rings. The number of piperidine rings is 1. The van der Waals surface area contributed by atoms with Crippen molar-refractivity contribution >= 4 is 5.69 Å². The molecule has 0 amide bonds. The third kappa shape index (κ3) is 4.20. The Kier molecular flexibility index (Phi) is 5.59. The Bertz CT molecular complexity index is 652. The second-order valence-corrected chi connectivity index (χ2v) is 6.24. The second-order valence-electron chi connectivity index (χ2n) is 6.24. The van der Waals surface area contributed by atoms with E-state index in [9.17, 15) is 0 Å². The molecule has 24 heavy (non-hydrogen) atoms. The van der Waals surface area contributed by atoms with Gasteiger partial charge in [0.1, 0.15) is 11.5 Å². The van der Waals surface area contributed by atoms with E-state index in [2.05, 4.69) is 34.5 Å². The number of likely N-dealkylation sites (tertiary alicyclic amines) is 1. The van der Waals surface area contributed by atoms with Crippen molar-refractivity contribution in [3.05, 3.63) is 54.1 Å². The molecule has 0 atom stereocenters. The average Bonchev–Trinajstić information content (AvgIpc) is 2.64. The monoisotopic (exact) mass is 326 g/mol. The van der Waals surface area contributed by atoms with E-state index in [1.807, 2.05) is 24.3 Å². The van der Waals surface area contributed by atoms with Crippen LogP contribution in [0.25, 0.3) is 0 Å². The van der Waals surface area contributed by atoms with Gasteiger partial charge in [-0.15, -0.1) is 0 Å². The van der Waals surface area contributed by atoms with Crippen LogP contribution in [0, 0.1) is 0 Å². The zero-order chi connectivity index (χ0) is 16.8. The number of anilines is 1. The lowest BCUT2D eigenvalue weighted by Gasteiger charge is -2.33. The van der Waals surface area contributed by atoms with Crippen LogP contribution in [0.4, 0.5) is 5.69 Å². The zero-order valence-corrected chi connectivity index (χ0v) is 14.5. The van der Waals surface area contributed by atoms with Crippen LogP contribution in [0.15, 0.2) is 48.5 Å². The summed E-state index contributed by atoms with van der Waals surface area (Å²) >= 11 is 0. The van der Waals surface area contributed by atoms with Crippen LogP contribution in [0.2, 0.25) is 0 Å². The molecule has 1 saturated heterocycles. The maximum atomic E-state index is 5.46. The predicted molar refractivity (Wildman–Crippen MR) is 97.9 cm³/mol. The van der Waals surface area contributed by atoms with Crippen molar-refractivity contribution in [1.29, 1.82) is 0 Å². The summed E-state index contributed by atoms with van der Waals surface area (Å²) in [5.41, 5.74) is 2.40. The molecule has 1 aliphatic heterocycles. The first kappa shape index (κ1) is 16.7. The first-order valence-corrected chi connectivity index (χ1v) is 8.53. The van der Waals surface area contributed by atoms with E-state index >= 15 is 0 Å². The lowest BCUT2D eigenvalue weighted by molar-refractivity contribution is 0.209. The van der Waals surface area contributed by atoms with E-state index in [1.165, 1.54) is 5.56 Å². The number of nitrogens with one attached hydrogen (secondary N) is 1. The highest BCUT2D eigenvalue weighted by Crippen LogP contribution is 2.24. The highest BCUT2D eigenvalue weighted by atomic mass is 16.5. The van der Waals surface area contributed by atoms with Gasteiger partial charge in [0.05, 0.1) is 14.2 Å². The second kappa shape index (κ2) is 8.06. The van der Waals surface area contributed by atoms with E-state index in [0.29, 0.717) is 6.04 Å². The summed E-state index contributed by atoms with van der Waals surface area (Å²) in [5.74, 6) is 1.88. The van der Waals surface area contributed by atoms with Crippen molar-refractivity contribution in [2.24, 2.45) is 0 Å². The van der Waals surface area contributed by atoms with Crippen molar-refractivity contribution in [1.82, 2.24) is 4.90 Å². The van der Waals surface area contributed by atoms with Crippen molar-refractivity contribution < 1.29 is 9.47 Å². The molecule has 0 spiro atoms. The Morgan fingerprint density at radius 3 is 2.54 bits per heavy atom. The molecule has 3 rings (SSSR count). The molecular weight excluding hydrogens is 300 g/mol. The van der Waals surface area contributed by atoms with Crippen molar-refractivity contribution in [2.75, 3.05) is 32.6 Å². The van der Waals surface area contributed by atoms with Gasteiger partial charge in [-0.05, 0) is 31.0 Å². The van der Waals surface area contributed by atoms with Gasteiger partial charge in [-0.3, -0.25) is 4.90 Å². The van der Waals surface area contributed by atoms with Gasteiger partial charge in [0.2, 0.25) is 0 Å². The summed E-state index contributed by atoms with van der Waals surface area (Å²) in [5, 5.41) is 3.63. The summed E-state index contributed by atoms with van der Waals surface area (Å²) < 4.78 is 10.7. The number of hydrogen-bond donors (Lipinski definition) is 1. The molecule has 0 aliphatic carbocycles. The van der Waals surface area contributed by atoms with Gasteiger partial charge in [-0.2, -0.15) is 0 Å². The molecule has 2 aromatic rings. The quantitative estimate of drug-likeness (QED) is 0.876. The van der Waals surface area contributed by atoms with Crippen LogP contribution in [0.5, 0.6) is 11.5 Å². The number of rotatable bonds is 6. The topological polar surface area (TPSA) is 33.7 Å². The van der Waals surface area contributed by atoms with Crippen LogP contribution < -0.4 is 14.8 Å². The van der Waals surface area contributed by atoms with E-state index in [4.69, 9.17) is 9.47 Å². The number of methoxy groups -OCH3 is 2. The molecule has 1 aliphatic rings. The molecule has 2 aromatic carbocycles. The Morgan fingerprint density at radius 2 is 1.79 bits per heavy atom. The van der Waals surface area contributed by atoms with E-state index in [-0.39, 0.29) is 0 Å². The molecule has 4 heteroatoms. The summed E-state index contributed by atoms with van der Waals surface area (Å²) in [4.78, 5) is 2.50. The minimum absolute atomic E-state index is 0.519. The first-order chi connectivity index (χ1) is 11.8. The number of hydrogen-bond acceptors (Lipinski definition) is 4. The third-order valence-corrected chi connectivity index (χ3v) is 4.61. The summed E-state index contributed by atoms with van der Waals surface area (Å²) in [6, 6.07) is 17.0. The standard InChI is InChI=1S/C20H26N2O2/c1-23-19-8-5-7-18(14-19)21-17-10-12-22(13-11-17)15-16-6-3-4-9-20(16)24-2/h3-9,14,17,21H,10-13,15H2,1-2H3. The fourth-order valence-corrected chi connectivity index (χ4v) is 3.26. The zero-order valence-electron chi connectivity index (χ0n) is 14.5. The Morgan fingerprint density at radius 1 is 1.00 bits per heavy atom. The molecule has 1 N–H and O–H groups in total. The van der Waals surface area contributed by atoms with Gasteiger partial charge in [-0.1, -0.05) is 24.3 Å². The van der Waals surface area contributed by atoms with Crippen LogP contribution in [-0.4, -0.2) is 38.3 Å². The molecule has 4 nitrogen and oxygen atoms in total. The number of ether oxygens (including phenoxy) is 2. The summed E-state index contributed by atoms with van der Waals surface area (Å²) in [7, 11) is 3.44. The fourth-order valence-electron chi connectivity index (χ4n) is 3.26. The van der Waals surface area contributed by atoms with Gasteiger partial charge in [0.15, 0.2) is 0 Å². The van der Waals surface area contributed by atoms with Crippen molar-refractivity contribution in [3.8, 4) is 11.5 Å². The fraction of sp³-hybridized carbons (Fsp3) is 0.400. The summed E-state index contributed by atoms with van der Waals surface area (Å²) in [6.45, 7) is 3.15. The van der Waals surface area contributed by atoms with Gasteiger partial charge < -0.3 is 14.8 Å². The summed E-state index contributed by atoms with van der Waals surface area (Å²) in [6.07, 6.45) is 2.29. The Hall–Kier alpha value is -2.20. The smallest absolute Gasteiger partial charge is 0.123 e. The van der Waals surface area contributed by atoms with Gasteiger partial charge >= 0.3 is 0 Å². The van der Waals surface area contributed by atoms with Crippen LogP contribution >= 0.6 is 0 Å². The molecule has 0 aromatic heterocycles.